The van der Waals surface area contributed by atoms with Crippen molar-refractivity contribution in [3.63, 3.8) is 0 Å². The fraction of sp³-hybridized carbons (Fsp3) is 0.667. The maximum atomic E-state index is 4.54. The van der Waals surface area contributed by atoms with Crippen molar-refractivity contribution < 1.29 is 0 Å². The molecule has 1 atom stereocenters. The number of pyridine rings is 1. The average molecular weight is 249 g/mol. The van der Waals surface area contributed by atoms with Crippen LogP contribution in [-0.4, -0.2) is 35.1 Å². The fourth-order valence-corrected chi connectivity index (χ4v) is 1.71. The van der Waals surface area contributed by atoms with Crippen LogP contribution in [0.2, 0.25) is 0 Å². The molecule has 1 heterocycles. The molecule has 3 nitrogen and oxygen atoms in total. The lowest BCUT2D eigenvalue weighted by Crippen LogP contribution is -2.45. The van der Waals surface area contributed by atoms with E-state index in [1.54, 1.807) is 0 Å². The monoisotopic (exact) mass is 249 g/mol. The Morgan fingerprint density at radius 2 is 2.00 bits per heavy atom. The Morgan fingerprint density at radius 3 is 2.56 bits per heavy atom. The first-order chi connectivity index (χ1) is 8.28. The van der Waals surface area contributed by atoms with E-state index in [9.17, 15) is 0 Å². The molecule has 0 saturated carbocycles. The highest BCUT2D eigenvalue weighted by atomic mass is 15.2. The van der Waals surface area contributed by atoms with Gasteiger partial charge in [-0.3, -0.25) is 9.88 Å². The van der Waals surface area contributed by atoms with Gasteiger partial charge < -0.3 is 5.32 Å². The Balaban J connectivity index is 2.47. The van der Waals surface area contributed by atoms with Crippen LogP contribution in [0.5, 0.6) is 0 Å². The van der Waals surface area contributed by atoms with Gasteiger partial charge in [0.05, 0.1) is 5.69 Å². The molecule has 0 aliphatic heterocycles. The highest BCUT2D eigenvalue weighted by Crippen LogP contribution is 2.06. The van der Waals surface area contributed by atoms with E-state index in [0.717, 1.165) is 24.5 Å². The second-order valence-electron chi connectivity index (χ2n) is 6.17. The minimum Gasteiger partial charge on any atom is -0.311 e. The summed E-state index contributed by atoms with van der Waals surface area (Å²) in [5.74, 6) is 0. The molecule has 1 N–H and O–H groups in total. The van der Waals surface area contributed by atoms with Gasteiger partial charge in [0.1, 0.15) is 0 Å². The Hall–Kier alpha value is -0.930. The van der Waals surface area contributed by atoms with E-state index in [1.807, 2.05) is 13.0 Å². The molecular formula is C15H27N3. The molecule has 3 heteroatoms. The molecule has 1 rings (SSSR count). The summed E-state index contributed by atoms with van der Waals surface area (Å²) in [5.41, 5.74) is 2.40. The SMILES string of the molecule is Cc1cccc(CN(C)C(C)CNC(C)(C)C)n1. The van der Waals surface area contributed by atoms with Crippen LogP contribution in [0.25, 0.3) is 0 Å². The van der Waals surface area contributed by atoms with Gasteiger partial charge in [-0.25, -0.2) is 0 Å². The lowest BCUT2D eigenvalue weighted by Gasteiger charge is -2.29. The molecule has 18 heavy (non-hydrogen) atoms. The summed E-state index contributed by atoms with van der Waals surface area (Å²) in [6, 6.07) is 6.69. The van der Waals surface area contributed by atoms with Crippen molar-refractivity contribution in [3.8, 4) is 0 Å². The van der Waals surface area contributed by atoms with Gasteiger partial charge in [0, 0.05) is 30.4 Å². The quantitative estimate of drug-likeness (QED) is 0.869. The summed E-state index contributed by atoms with van der Waals surface area (Å²) in [7, 11) is 2.15. The van der Waals surface area contributed by atoms with Gasteiger partial charge in [-0.2, -0.15) is 0 Å². The topological polar surface area (TPSA) is 28.2 Å². The molecule has 0 spiro atoms. The maximum absolute atomic E-state index is 4.54. The van der Waals surface area contributed by atoms with Crippen LogP contribution >= 0.6 is 0 Å². The van der Waals surface area contributed by atoms with Crippen molar-refractivity contribution in [3.05, 3.63) is 29.6 Å². The highest BCUT2D eigenvalue weighted by Gasteiger charge is 2.14. The van der Waals surface area contributed by atoms with Crippen molar-refractivity contribution >= 4 is 0 Å². The zero-order valence-corrected chi connectivity index (χ0v) is 12.6. The molecule has 0 radical (unpaired) electrons. The van der Waals surface area contributed by atoms with Crippen LogP contribution in [0.4, 0.5) is 0 Å². The standard InChI is InChI=1S/C15H27N3/c1-12-8-7-9-14(17-12)11-18(6)13(2)10-16-15(3,4)5/h7-9,13,16H,10-11H2,1-6H3. The molecule has 1 aromatic rings. The molecule has 0 amide bonds. The number of hydrogen-bond donors (Lipinski definition) is 1. The van der Waals surface area contributed by atoms with Gasteiger partial charge >= 0.3 is 0 Å². The van der Waals surface area contributed by atoms with Crippen LogP contribution in [0.1, 0.15) is 39.1 Å². The van der Waals surface area contributed by atoms with E-state index in [1.165, 1.54) is 0 Å². The second kappa shape index (κ2) is 6.30. The van der Waals surface area contributed by atoms with E-state index in [-0.39, 0.29) is 5.54 Å². The molecule has 0 fully saturated rings. The Morgan fingerprint density at radius 1 is 1.33 bits per heavy atom. The molecule has 102 valence electrons. The van der Waals surface area contributed by atoms with E-state index < -0.39 is 0 Å². The lowest BCUT2D eigenvalue weighted by molar-refractivity contribution is 0.226. The van der Waals surface area contributed by atoms with Crippen molar-refractivity contribution in [1.29, 1.82) is 0 Å². The predicted molar refractivity (Wildman–Crippen MR) is 77.7 cm³/mol. The first-order valence-electron chi connectivity index (χ1n) is 6.66. The third kappa shape index (κ3) is 5.61. The number of nitrogens with zero attached hydrogens (tertiary/aromatic N) is 2. The van der Waals surface area contributed by atoms with Gasteiger partial charge in [-0.1, -0.05) is 6.07 Å². The van der Waals surface area contributed by atoms with Crippen molar-refractivity contribution in [2.45, 2.75) is 52.7 Å². The van der Waals surface area contributed by atoms with E-state index in [4.69, 9.17) is 0 Å². The number of likely N-dealkylation sites (N-methyl/N-ethyl adjacent to an activating group) is 1. The highest BCUT2D eigenvalue weighted by molar-refractivity contribution is 5.09. The third-order valence-electron chi connectivity index (χ3n) is 3.04. The van der Waals surface area contributed by atoms with Crippen molar-refractivity contribution in [2.75, 3.05) is 13.6 Å². The number of hydrogen-bond acceptors (Lipinski definition) is 3. The first-order valence-corrected chi connectivity index (χ1v) is 6.66. The van der Waals surface area contributed by atoms with Gasteiger partial charge in [0.2, 0.25) is 0 Å². The minimum atomic E-state index is 0.177. The Kier molecular flexibility index (Phi) is 5.29. The van der Waals surface area contributed by atoms with Crippen LogP contribution in [-0.2, 0) is 6.54 Å². The maximum Gasteiger partial charge on any atom is 0.0547 e. The van der Waals surface area contributed by atoms with E-state index in [2.05, 4.69) is 62.1 Å². The van der Waals surface area contributed by atoms with Gasteiger partial charge in [0.15, 0.2) is 0 Å². The second-order valence-corrected chi connectivity index (χ2v) is 6.17. The molecule has 1 aromatic heterocycles. The molecule has 0 aliphatic rings. The van der Waals surface area contributed by atoms with Crippen molar-refractivity contribution in [1.82, 2.24) is 15.2 Å². The smallest absolute Gasteiger partial charge is 0.0547 e. The fourth-order valence-electron chi connectivity index (χ4n) is 1.71. The van der Waals surface area contributed by atoms with Gasteiger partial charge in [-0.15, -0.1) is 0 Å². The van der Waals surface area contributed by atoms with Crippen LogP contribution in [0.15, 0.2) is 18.2 Å². The number of aryl methyl sites for hydroxylation is 1. The minimum absolute atomic E-state index is 0.177. The van der Waals surface area contributed by atoms with Crippen LogP contribution in [0, 0.1) is 6.92 Å². The molecule has 0 aromatic carbocycles. The normalized spacial score (nSPS) is 13.9. The lowest BCUT2D eigenvalue weighted by atomic mass is 10.1. The molecular weight excluding hydrogens is 222 g/mol. The van der Waals surface area contributed by atoms with E-state index >= 15 is 0 Å². The molecule has 0 bridgehead atoms. The predicted octanol–water partition coefficient (Wildman–Crippen LogP) is 2.60. The zero-order chi connectivity index (χ0) is 13.8. The van der Waals surface area contributed by atoms with Crippen molar-refractivity contribution in [2.24, 2.45) is 0 Å². The summed E-state index contributed by atoms with van der Waals surface area (Å²) >= 11 is 0. The van der Waals surface area contributed by atoms with Crippen LogP contribution < -0.4 is 5.32 Å². The molecule has 0 saturated heterocycles. The Labute approximate surface area is 112 Å². The third-order valence-corrected chi connectivity index (χ3v) is 3.04. The molecule has 1 unspecified atom stereocenters. The summed E-state index contributed by atoms with van der Waals surface area (Å²) in [5, 5.41) is 3.54. The summed E-state index contributed by atoms with van der Waals surface area (Å²) in [6.45, 7) is 12.8. The van der Waals surface area contributed by atoms with Gasteiger partial charge in [0.25, 0.3) is 0 Å². The van der Waals surface area contributed by atoms with Gasteiger partial charge in [-0.05, 0) is 53.8 Å². The van der Waals surface area contributed by atoms with E-state index in [0.29, 0.717) is 6.04 Å². The average Bonchev–Trinajstić information content (AvgIpc) is 2.24. The number of nitrogens with one attached hydrogen (secondary N) is 1. The first kappa shape index (κ1) is 15.1. The van der Waals surface area contributed by atoms with Crippen LogP contribution in [0.3, 0.4) is 0 Å². The molecule has 0 aliphatic carbocycles. The Bertz CT molecular complexity index is 368. The summed E-state index contributed by atoms with van der Waals surface area (Å²) in [6.07, 6.45) is 0. The summed E-state index contributed by atoms with van der Waals surface area (Å²) < 4.78 is 0. The largest absolute Gasteiger partial charge is 0.311 e. The number of rotatable bonds is 5. The zero-order valence-electron chi connectivity index (χ0n) is 12.6. The number of aromatic nitrogens is 1. The summed E-state index contributed by atoms with van der Waals surface area (Å²) in [4.78, 5) is 6.88.